The van der Waals surface area contributed by atoms with E-state index in [4.69, 9.17) is 0 Å². The van der Waals surface area contributed by atoms with Crippen LogP contribution in [0.4, 0.5) is 10.2 Å². The molecule has 2 N–H and O–H groups in total. The smallest absolute Gasteiger partial charge is 0.251 e. The molecule has 0 aliphatic carbocycles. The van der Waals surface area contributed by atoms with Gasteiger partial charge in [0.05, 0.1) is 0 Å². The Morgan fingerprint density at radius 1 is 1.06 bits per heavy atom. The molecular weight excluding hydrogens is 435 g/mol. The largest absolute Gasteiger partial charge is 0.353 e. The molecule has 9 heteroatoms. The zero-order valence-corrected chi connectivity index (χ0v) is 18.7. The number of benzene rings is 1. The Morgan fingerprint density at radius 3 is 2.62 bits per heavy atom. The highest BCUT2D eigenvalue weighted by Crippen LogP contribution is 2.33. The molecule has 0 saturated carbocycles. The number of carbonyl (C=O) groups is 2. The van der Waals surface area contributed by atoms with E-state index in [0.717, 1.165) is 34.1 Å². The maximum absolute atomic E-state index is 15.0. The molecular formula is C25H23FN6O2. The second kappa shape index (κ2) is 7.79. The molecule has 0 radical (unpaired) electrons. The van der Waals surface area contributed by atoms with Gasteiger partial charge < -0.3 is 20.1 Å². The lowest BCUT2D eigenvalue weighted by Gasteiger charge is -2.34. The quantitative estimate of drug-likeness (QED) is 0.451. The number of nitrogens with one attached hydrogen (secondary N) is 2. The Hall–Kier alpha value is -4.01. The van der Waals surface area contributed by atoms with Gasteiger partial charge in [-0.25, -0.2) is 9.97 Å². The number of amides is 2. The molecule has 0 spiro atoms. The first-order valence-corrected chi connectivity index (χ1v) is 11.4. The van der Waals surface area contributed by atoms with Gasteiger partial charge in [-0.1, -0.05) is 0 Å². The van der Waals surface area contributed by atoms with Gasteiger partial charge in [-0.2, -0.15) is 4.39 Å². The van der Waals surface area contributed by atoms with Crippen LogP contribution in [0, 0.1) is 5.95 Å². The van der Waals surface area contributed by atoms with Gasteiger partial charge in [-0.15, -0.1) is 0 Å². The number of pyridine rings is 2. The standard InChI is InChI=1S/C25H23FN6O2/c1-14(33)31-6-8-32(9-7-31)22-3-2-16(13-28-22)17-11-20-19-10-15-4-5-27-25(34)18(15)12-21(19)29-24(20)30-23(17)26/h2-3,10-13H,4-9H2,1H3,(H,27,34)(H,29,30). The number of rotatable bonds is 2. The summed E-state index contributed by atoms with van der Waals surface area (Å²) in [4.78, 5) is 39.6. The lowest BCUT2D eigenvalue weighted by molar-refractivity contribution is -0.129. The predicted molar refractivity (Wildman–Crippen MR) is 127 cm³/mol. The van der Waals surface area contributed by atoms with Gasteiger partial charge in [-0.05, 0) is 42.3 Å². The predicted octanol–water partition coefficient (Wildman–Crippen LogP) is 2.87. The number of anilines is 1. The van der Waals surface area contributed by atoms with Crippen molar-refractivity contribution in [2.24, 2.45) is 0 Å². The number of hydrogen-bond donors (Lipinski definition) is 2. The van der Waals surface area contributed by atoms with Crippen LogP contribution in [-0.4, -0.2) is 64.4 Å². The van der Waals surface area contributed by atoms with Crippen molar-refractivity contribution in [1.82, 2.24) is 25.2 Å². The van der Waals surface area contributed by atoms with E-state index in [0.29, 0.717) is 55.1 Å². The van der Waals surface area contributed by atoms with Crippen molar-refractivity contribution in [2.75, 3.05) is 37.6 Å². The van der Waals surface area contributed by atoms with Crippen LogP contribution in [0.1, 0.15) is 22.8 Å². The van der Waals surface area contributed by atoms with Gasteiger partial charge in [0, 0.05) is 78.8 Å². The van der Waals surface area contributed by atoms with Crippen LogP contribution >= 0.6 is 0 Å². The van der Waals surface area contributed by atoms with E-state index < -0.39 is 5.95 Å². The first kappa shape index (κ1) is 20.6. The minimum atomic E-state index is -0.578. The maximum atomic E-state index is 15.0. The minimum Gasteiger partial charge on any atom is -0.353 e. The summed E-state index contributed by atoms with van der Waals surface area (Å²) in [6.07, 6.45) is 2.43. The second-order valence-corrected chi connectivity index (χ2v) is 8.81. The van der Waals surface area contributed by atoms with Crippen LogP contribution in [0.15, 0.2) is 36.5 Å². The topological polar surface area (TPSA) is 94.2 Å². The molecule has 2 aliphatic heterocycles. The molecule has 0 bridgehead atoms. The molecule has 1 saturated heterocycles. The van der Waals surface area contributed by atoms with Gasteiger partial charge in [0.15, 0.2) is 0 Å². The number of H-pyrrole nitrogens is 1. The molecule has 4 aromatic rings. The number of aromatic nitrogens is 3. The van der Waals surface area contributed by atoms with Crippen LogP contribution < -0.4 is 10.2 Å². The fourth-order valence-corrected chi connectivity index (χ4v) is 4.90. The molecule has 1 aromatic carbocycles. The average Bonchev–Trinajstić information content (AvgIpc) is 3.19. The Balaban J connectivity index is 1.34. The summed E-state index contributed by atoms with van der Waals surface area (Å²) >= 11 is 0. The summed E-state index contributed by atoms with van der Waals surface area (Å²) < 4.78 is 15.0. The van der Waals surface area contributed by atoms with Crippen molar-refractivity contribution in [3.05, 3.63) is 53.6 Å². The maximum Gasteiger partial charge on any atom is 0.251 e. The third-order valence-corrected chi connectivity index (χ3v) is 6.80. The van der Waals surface area contributed by atoms with Crippen molar-refractivity contribution in [3.8, 4) is 11.1 Å². The molecule has 8 nitrogen and oxygen atoms in total. The first-order chi connectivity index (χ1) is 16.5. The summed E-state index contributed by atoms with van der Waals surface area (Å²) in [5.74, 6) is 0.225. The van der Waals surface area contributed by atoms with Crippen molar-refractivity contribution < 1.29 is 14.0 Å². The van der Waals surface area contributed by atoms with E-state index in [1.54, 1.807) is 19.2 Å². The van der Waals surface area contributed by atoms with Crippen LogP contribution in [0.25, 0.3) is 33.1 Å². The third kappa shape index (κ3) is 3.35. The summed E-state index contributed by atoms with van der Waals surface area (Å²) in [6.45, 7) is 4.96. The molecule has 172 valence electrons. The van der Waals surface area contributed by atoms with E-state index in [2.05, 4.69) is 25.2 Å². The van der Waals surface area contributed by atoms with E-state index in [1.165, 1.54) is 0 Å². The lowest BCUT2D eigenvalue weighted by Crippen LogP contribution is -2.48. The van der Waals surface area contributed by atoms with Crippen molar-refractivity contribution >= 4 is 39.6 Å². The zero-order chi connectivity index (χ0) is 23.4. The molecule has 5 heterocycles. The summed E-state index contributed by atoms with van der Waals surface area (Å²) in [5.41, 5.74) is 3.86. The minimum absolute atomic E-state index is 0.0855. The second-order valence-electron chi connectivity index (χ2n) is 8.81. The number of halogens is 1. The molecule has 1 fully saturated rings. The average molecular weight is 458 g/mol. The molecule has 0 atom stereocenters. The molecule has 2 aliphatic rings. The Morgan fingerprint density at radius 2 is 1.88 bits per heavy atom. The van der Waals surface area contributed by atoms with Crippen molar-refractivity contribution in [1.29, 1.82) is 0 Å². The number of piperazine rings is 1. The van der Waals surface area contributed by atoms with Gasteiger partial charge in [0.1, 0.15) is 11.5 Å². The van der Waals surface area contributed by atoms with Gasteiger partial charge in [0.2, 0.25) is 11.9 Å². The normalized spacial score (nSPS) is 16.1. The molecule has 2 amide bonds. The summed E-state index contributed by atoms with van der Waals surface area (Å²) in [6, 6.07) is 9.36. The zero-order valence-electron chi connectivity index (χ0n) is 18.7. The number of carbonyl (C=O) groups excluding carboxylic acids is 2. The monoisotopic (exact) mass is 458 g/mol. The van der Waals surface area contributed by atoms with E-state index in [9.17, 15) is 14.0 Å². The van der Waals surface area contributed by atoms with Crippen LogP contribution in [-0.2, 0) is 11.2 Å². The van der Waals surface area contributed by atoms with Crippen molar-refractivity contribution in [2.45, 2.75) is 13.3 Å². The van der Waals surface area contributed by atoms with Gasteiger partial charge >= 0.3 is 0 Å². The van der Waals surface area contributed by atoms with E-state index in [-0.39, 0.29) is 11.8 Å². The SMILES string of the molecule is CC(=O)N1CCN(c2ccc(-c3cc4c(nc3F)[nH]c3cc5c(cc34)CCNC5=O)cn2)CC1. The fourth-order valence-electron chi connectivity index (χ4n) is 4.90. The number of nitrogens with zero attached hydrogens (tertiary/aromatic N) is 4. The third-order valence-electron chi connectivity index (χ3n) is 6.80. The molecule has 3 aromatic heterocycles. The Bertz CT molecular complexity index is 1450. The number of hydrogen-bond acceptors (Lipinski definition) is 5. The van der Waals surface area contributed by atoms with Gasteiger partial charge in [0.25, 0.3) is 5.91 Å². The first-order valence-electron chi connectivity index (χ1n) is 11.4. The number of fused-ring (bicyclic) bond motifs is 4. The Kier molecular flexibility index (Phi) is 4.72. The highest BCUT2D eigenvalue weighted by Gasteiger charge is 2.22. The fraction of sp³-hybridized carbons (Fsp3) is 0.280. The van der Waals surface area contributed by atoms with Crippen molar-refractivity contribution in [3.63, 3.8) is 0 Å². The summed E-state index contributed by atoms with van der Waals surface area (Å²) in [7, 11) is 0. The number of aromatic amines is 1. The lowest BCUT2D eigenvalue weighted by atomic mass is 9.97. The van der Waals surface area contributed by atoms with Gasteiger partial charge in [-0.3, -0.25) is 9.59 Å². The molecule has 6 rings (SSSR count). The highest BCUT2D eigenvalue weighted by molar-refractivity contribution is 6.10. The van der Waals surface area contributed by atoms with E-state index >= 15 is 0 Å². The van der Waals surface area contributed by atoms with Crippen LogP contribution in [0.2, 0.25) is 0 Å². The summed E-state index contributed by atoms with van der Waals surface area (Å²) in [5, 5.41) is 4.59. The Labute approximate surface area is 194 Å². The van der Waals surface area contributed by atoms with E-state index in [1.807, 2.05) is 29.2 Å². The molecule has 0 unspecified atom stereocenters. The molecule has 34 heavy (non-hydrogen) atoms. The van der Waals surface area contributed by atoms with Crippen LogP contribution in [0.5, 0.6) is 0 Å². The van der Waals surface area contributed by atoms with Crippen LogP contribution in [0.3, 0.4) is 0 Å². The highest BCUT2D eigenvalue weighted by atomic mass is 19.1.